The summed E-state index contributed by atoms with van der Waals surface area (Å²) in [7, 11) is 3.35. The topological polar surface area (TPSA) is 52.7 Å². The van der Waals surface area contributed by atoms with Crippen LogP contribution >= 0.6 is 11.6 Å². The SMILES string of the molecule is C[C@H]1CCCN(C(=O)Nc2cc(Cl)ccc2C(=O)N(C)C)C1. The van der Waals surface area contributed by atoms with Gasteiger partial charge in [-0.3, -0.25) is 4.79 Å². The van der Waals surface area contributed by atoms with Crippen molar-refractivity contribution in [2.45, 2.75) is 19.8 Å². The Bertz CT molecular complexity index is 575. The number of piperidine rings is 1. The van der Waals surface area contributed by atoms with Crippen LogP contribution in [-0.4, -0.2) is 48.9 Å². The van der Waals surface area contributed by atoms with E-state index in [-0.39, 0.29) is 11.9 Å². The van der Waals surface area contributed by atoms with Crippen molar-refractivity contribution < 1.29 is 9.59 Å². The fourth-order valence-electron chi connectivity index (χ4n) is 2.62. The normalized spacial score (nSPS) is 18.0. The first-order valence-corrected chi connectivity index (χ1v) is 7.83. The third kappa shape index (κ3) is 3.91. The number of carbonyl (C=O) groups excluding carboxylic acids is 2. The van der Waals surface area contributed by atoms with Crippen LogP contribution < -0.4 is 5.32 Å². The number of hydrogen-bond acceptors (Lipinski definition) is 2. The fraction of sp³-hybridized carbons (Fsp3) is 0.500. The van der Waals surface area contributed by atoms with Crippen molar-refractivity contribution in [2.24, 2.45) is 5.92 Å². The van der Waals surface area contributed by atoms with Crippen LogP contribution in [0.5, 0.6) is 0 Å². The molecule has 2 rings (SSSR count). The van der Waals surface area contributed by atoms with Crippen LogP contribution in [0.15, 0.2) is 18.2 Å². The Kier molecular flexibility index (Phi) is 5.29. The van der Waals surface area contributed by atoms with Crippen molar-refractivity contribution in [3.05, 3.63) is 28.8 Å². The maximum Gasteiger partial charge on any atom is 0.321 e. The van der Waals surface area contributed by atoms with Crippen molar-refractivity contribution in [3.8, 4) is 0 Å². The van der Waals surface area contributed by atoms with E-state index in [2.05, 4.69) is 12.2 Å². The molecule has 3 amide bonds. The maximum absolute atomic E-state index is 12.4. The van der Waals surface area contributed by atoms with Crippen LogP contribution in [-0.2, 0) is 0 Å². The van der Waals surface area contributed by atoms with Crippen LogP contribution in [0.3, 0.4) is 0 Å². The molecule has 0 unspecified atom stereocenters. The van der Waals surface area contributed by atoms with E-state index in [1.807, 2.05) is 0 Å². The number of nitrogens with zero attached hydrogens (tertiary/aromatic N) is 2. The van der Waals surface area contributed by atoms with E-state index in [4.69, 9.17) is 11.6 Å². The largest absolute Gasteiger partial charge is 0.345 e. The standard InChI is InChI=1S/C16H22ClN3O2/c1-11-5-4-8-20(10-11)16(22)18-14-9-12(17)6-7-13(14)15(21)19(2)3/h6-7,9,11H,4-5,8,10H2,1-3H3,(H,18,22)/t11-/m0/s1. The van der Waals surface area contributed by atoms with Gasteiger partial charge in [0, 0.05) is 32.2 Å². The summed E-state index contributed by atoms with van der Waals surface area (Å²) in [6.07, 6.45) is 2.15. The van der Waals surface area contributed by atoms with Gasteiger partial charge in [-0.25, -0.2) is 4.79 Å². The van der Waals surface area contributed by atoms with E-state index in [1.54, 1.807) is 37.2 Å². The van der Waals surface area contributed by atoms with Gasteiger partial charge in [-0.2, -0.15) is 0 Å². The zero-order valence-corrected chi connectivity index (χ0v) is 14.0. The molecule has 1 atom stereocenters. The van der Waals surface area contributed by atoms with Crippen LogP contribution in [0.4, 0.5) is 10.5 Å². The molecule has 1 aromatic rings. The number of rotatable bonds is 2. The van der Waals surface area contributed by atoms with Gasteiger partial charge in [0.05, 0.1) is 11.3 Å². The molecule has 5 nitrogen and oxygen atoms in total. The highest BCUT2D eigenvalue weighted by molar-refractivity contribution is 6.31. The molecule has 0 bridgehead atoms. The van der Waals surface area contributed by atoms with Crippen molar-refractivity contribution in [1.82, 2.24) is 9.80 Å². The van der Waals surface area contributed by atoms with Gasteiger partial charge in [-0.05, 0) is 37.0 Å². The summed E-state index contributed by atoms with van der Waals surface area (Å²) in [5.41, 5.74) is 0.891. The minimum atomic E-state index is -0.179. The van der Waals surface area contributed by atoms with Crippen LogP contribution in [0.1, 0.15) is 30.1 Å². The van der Waals surface area contributed by atoms with Gasteiger partial charge in [0.15, 0.2) is 0 Å². The van der Waals surface area contributed by atoms with Gasteiger partial charge in [0.25, 0.3) is 5.91 Å². The molecule has 1 aliphatic heterocycles. The minimum absolute atomic E-state index is 0.168. The van der Waals surface area contributed by atoms with Crippen LogP contribution in [0.2, 0.25) is 5.02 Å². The second kappa shape index (κ2) is 7.01. The van der Waals surface area contributed by atoms with Gasteiger partial charge < -0.3 is 15.1 Å². The van der Waals surface area contributed by atoms with Crippen molar-refractivity contribution >= 4 is 29.2 Å². The molecular weight excluding hydrogens is 302 g/mol. The summed E-state index contributed by atoms with van der Waals surface area (Å²) in [5, 5.41) is 3.32. The first kappa shape index (κ1) is 16.6. The van der Waals surface area contributed by atoms with Gasteiger partial charge >= 0.3 is 6.03 Å². The maximum atomic E-state index is 12.4. The van der Waals surface area contributed by atoms with Gasteiger partial charge in [0.1, 0.15) is 0 Å². The number of amides is 3. The Morgan fingerprint density at radius 3 is 2.73 bits per heavy atom. The number of benzene rings is 1. The van der Waals surface area contributed by atoms with E-state index < -0.39 is 0 Å². The lowest BCUT2D eigenvalue weighted by molar-refractivity contribution is 0.0828. The van der Waals surface area contributed by atoms with Crippen molar-refractivity contribution in [3.63, 3.8) is 0 Å². The van der Waals surface area contributed by atoms with Crippen molar-refractivity contribution in [1.29, 1.82) is 0 Å². The van der Waals surface area contributed by atoms with Gasteiger partial charge in [-0.15, -0.1) is 0 Å². The lowest BCUT2D eigenvalue weighted by atomic mass is 10.0. The lowest BCUT2D eigenvalue weighted by Gasteiger charge is -2.31. The zero-order chi connectivity index (χ0) is 16.3. The zero-order valence-electron chi connectivity index (χ0n) is 13.2. The summed E-state index contributed by atoms with van der Waals surface area (Å²) in [5.74, 6) is 0.334. The summed E-state index contributed by atoms with van der Waals surface area (Å²) in [6.45, 7) is 3.62. The third-order valence-electron chi connectivity index (χ3n) is 3.80. The third-order valence-corrected chi connectivity index (χ3v) is 4.04. The number of carbonyl (C=O) groups is 2. The molecule has 120 valence electrons. The highest BCUT2D eigenvalue weighted by atomic mass is 35.5. The Morgan fingerprint density at radius 2 is 2.09 bits per heavy atom. The molecule has 1 heterocycles. The Morgan fingerprint density at radius 1 is 1.36 bits per heavy atom. The Balaban J connectivity index is 2.19. The molecule has 1 fully saturated rings. The minimum Gasteiger partial charge on any atom is -0.345 e. The lowest BCUT2D eigenvalue weighted by Crippen LogP contribution is -2.42. The van der Waals surface area contributed by atoms with E-state index in [0.717, 1.165) is 25.9 Å². The number of nitrogens with one attached hydrogen (secondary N) is 1. The first-order chi connectivity index (χ1) is 10.4. The Hall–Kier alpha value is -1.75. The number of hydrogen-bond donors (Lipinski definition) is 1. The highest BCUT2D eigenvalue weighted by Crippen LogP contribution is 2.23. The van der Waals surface area contributed by atoms with Crippen molar-refractivity contribution in [2.75, 3.05) is 32.5 Å². The average molecular weight is 324 g/mol. The second-order valence-electron chi connectivity index (χ2n) is 6.01. The molecule has 0 aromatic heterocycles. The molecule has 1 aliphatic rings. The van der Waals surface area contributed by atoms with E-state index in [9.17, 15) is 9.59 Å². The summed E-state index contributed by atoms with van der Waals surface area (Å²) in [4.78, 5) is 27.9. The quantitative estimate of drug-likeness (QED) is 0.907. The molecule has 0 radical (unpaired) electrons. The molecule has 0 saturated carbocycles. The summed E-state index contributed by atoms with van der Waals surface area (Å²) in [6, 6.07) is 4.72. The average Bonchev–Trinajstić information content (AvgIpc) is 2.46. The molecular formula is C16H22ClN3O2. The van der Waals surface area contributed by atoms with Crippen LogP contribution in [0, 0.1) is 5.92 Å². The monoisotopic (exact) mass is 323 g/mol. The number of likely N-dealkylation sites (tertiary alicyclic amines) is 1. The fourth-order valence-corrected chi connectivity index (χ4v) is 2.79. The molecule has 1 saturated heterocycles. The summed E-state index contributed by atoms with van der Waals surface area (Å²) < 4.78 is 0. The molecule has 1 aromatic carbocycles. The van der Waals surface area contributed by atoms with Crippen LogP contribution in [0.25, 0.3) is 0 Å². The van der Waals surface area contributed by atoms with Gasteiger partial charge in [0.2, 0.25) is 0 Å². The molecule has 22 heavy (non-hydrogen) atoms. The summed E-state index contributed by atoms with van der Waals surface area (Å²) >= 11 is 6.00. The van der Waals surface area contributed by atoms with E-state index >= 15 is 0 Å². The number of halogens is 1. The van der Waals surface area contributed by atoms with E-state index in [0.29, 0.717) is 22.2 Å². The predicted molar refractivity (Wildman–Crippen MR) is 88.5 cm³/mol. The molecule has 1 N–H and O–H groups in total. The predicted octanol–water partition coefficient (Wildman–Crippen LogP) is 3.31. The smallest absolute Gasteiger partial charge is 0.321 e. The Labute approximate surface area is 136 Å². The number of anilines is 1. The van der Waals surface area contributed by atoms with E-state index in [1.165, 1.54) is 4.90 Å². The first-order valence-electron chi connectivity index (χ1n) is 7.45. The second-order valence-corrected chi connectivity index (χ2v) is 6.45. The highest BCUT2D eigenvalue weighted by Gasteiger charge is 2.22. The molecule has 0 spiro atoms. The van der Waals surface area contributed by atoms with Gasteiger partial charge in [-0.1, -0.05) is 18.5 Å². The molecule has 0 aliphatic carbocycles. The molecule has 6 heteroatoms. The number of urea groups is 1.